The van der Waals surface area contributed by atoms with Crippen molar-refractivity contribution in [2.45, 2.75) is 39.0 Å². The van der Waals surface area contributed by atoms with Crippen LogP contribution in [-0.2, 0) is 11.2 Å². The van der Waals surface area contributed by atoms with E-state index in [0.29, 0.717) is 5.92 Å². The summed E-state index contributed by atoms with van der Waals surface area (Å²) in [6.07, 6.45) is 4.54. The first kappa shape index (κ1) is 11.8. The van der Waals surface area contributed by atoms with Crippen LogP contribution in [-0.4, -0.2) is 6.29 Å². The van der Waals surface area contributed by atoms with Gasteiger partial charge >= 0.3 is 0 Å². The summed E-state index contributed by atoms with van der Waals surface area (Å²) in [4.78, 5) is 11.2. The Labute approximate surface area is 105 Å². The third-order valence-electron chi connectivity index (χ3n) is 3.63. The SMILES string of the molecule is CC(C)(C=O)C1CCCc2cccc(Br)c21. The number of hydrogen-bond donors (Lipinski definition) is 0. The monoisotopic (exact) mass is 280 g/mol. The predicted octanol–water partition coefficient (Wildman–Crippen LogP) is 4.09. The second-order valence-corrected chi connectivity index (χ2v) is 6.05. The molecule has 0 saturated carbocycles. The van der Waals surface area contributed by atoms with Gasteiger partial charge in [0.15, 0.2) is 0 Å². The summed E-state index contributed by atoms with van der Waals surface area (Å²) in [5.41, 5.74) is 2.49. The average Bonchev–Trinajstić information content (AvgIpc) is 2.29. The maximum absolute atomic E-state index is 11.2. The van der Waals surface area contributed by atoms with E-state index < -0.39 is 0 Å². The minimum absolute atomic E-state index is 0.265. The number of hydrogen-bond acceptors (Lipinski definition) is 1. The zero-order valence-electron chi connectivity index (χ0n) is 9.79. The van der Waals surface area contributed by atoms with Gasteiger partial charge in [-0.2, -0.15) is 0 Å². The van der Waals surface area contributed by atoms with Crippen LogP contribution in [0.4, 0.5) is 0 Å². The third kappa shape index (κ3) is 1.95. The predicted molar refractivity (Wildman–Crippen MR) is 69.7 cm³/mol. The van der Waals surface area contributed by atoms with Crippen LogP contribution in [0, 0.1) is 5.41 Å². The molecule has 0 heterocycles. The molecule has 0 N–H and O–H groups in total. The van der Waals surface area contributed by atoms with Crippen molar-refractivity contribution in [3.63, 3.8) is 0 Å². The first-order chi connectivity index (χ1) is 7.56. The molecule has 0 fully saturated rings. The minimum atomic E-state index is -0.265. The number of fused-ring (bicyclic) bond motifs is 1. The van der Waals surface area contributed by atoms with Crippen molar-refractivity contribution in [3.8, 4) is 0 Å². The topological polar surface area (TPSA) is 17.1 Å². The zero-order chi connectivity index (χ0) is 11.8. The largest absolute Gasteiger partial charge is 0.303 e. The van der Waals surface area contributed by atoms with Gasteiger partial charge in [-0.3, -0.25) is 0 Å². The molecule has 1 aliphatic rings. The fourth-order valence-electron chi connectivity index (χ4n) is 2.66. The maximum atomic E-state index is 11.2. The van der Waals surface area contributed by atoms with Crippen molar-refractivity contribution in [2.75, 3.05) is 0 Å². The molecule has 2 heteroatoms. The molecule has 1 aromatic rings. The lowest BCUT2D eigenvalue weighted by Crippen LogP contribution is -2.27. The molecule has 1 aliphatic carbocycles. The Morgan fingerprint density at radius 3 is 2.88 bits per heavy atom. The molecule has 86 valence electrons. The van der Waals surface area contributed by atoms with Crippen LogP contribution in [0.3, 0.4) is 0 Å². The molecule has 1 nitrogen and oxygen atoms in total. The molecule has 0 aliphatic heterocycles. The Morgan fingerprint density at radius 2 is 2.19 bits per heavy atom. The number of aryl methyl sites for hydroxylation is 1. The Hall–Kier alpha value is -0.630. The summed E-state index contributed by atoms with van der Waals surface area (Å²) in [6, 6.07) is 6.35. The number of halogens is 1. The lowest BCUT2D eigenvalue weighted by molar-refractivity contribution is -0.115. The van der Waals surface area contributed by atoms with E-state index in [0.717, 1.165) is 23.6 Å². The molecule has 0 amide bonds. The van der Waals surface area contributed by atoms with Gasteiger partial charge in [0.05, 0.1) is 0 Å². The van der Waals surface area contributed by atoms with E-state index in [9.17, 15) is 4.79 Å². The molecular weight excluding hydrogens is 264 g/mol. The Morgan fingerprint density at radius 1 is 1.44 bits per heavy atom. The van der Waals surface area contributed by atoms with E-state index in [-0.39, 0.29) is 5.41 Å². The van der Waals surface area contributed by atoms with Crippen molar-refractivity contribution in [3.05, 3.63) is 33.8 Å². The summed E-state index contributed by atoms with van der Waals surface area (Å²) in [6.45, 7) is 4.08. The highest BCUT2D eigenvalue weighted by Crippen LogP contribution is 2.45. The van der Waals surface area contributed by atoms with Crippen LogP contribution >= 0.6 is 15.9 Å². The van der Waals surface area contributed by atoms with Crippen molar-refractivity contribution in [1.82, 2.24) is 0 Å². The summed E-state index contributed by atoms with van der Waals surface area (Å²) < 4.78 is 1.16. The molecule has 0 radical (unpaired) electrons. The lowest BCUT2D eigenvalue weighted by Gasteiger charge is -2.35. The molecule has 0 aromatic heterocycles. The van der Waals surface area contributed by atoms with Crippen LogP contribution < -0.4 is 0 Å². The number of aldehydes is 1. The van der Waals surface area contributed by atoms with Crippen molar-refractivity contribution in [1.29, 1.82) is 0 Å². The van der Waals surface area contributed by atoms with Gasteiger partial charge in [0.25, 0.3) is 0 Å². The van der Waals surface area contributed by atoms with Gasteiger partial charge in [-0.15, -0.1) is 0 Å². The van der Waals surface area contributed by atoms with E-state index in [2.05, 4.69) is 34.1 Å². The Bertz CT molecular complexity index is 409. The zero-order valence-corrected chi connectivity index (χ0v) is 11.4. The second kappa shape index (κ2) is 4.33. The number of carbonyl (C=O) groups excluding carboxylic acids is 1. The maximum Gasteiger partial charge on any atom is 0.126 e. The van der Waals surface area contributed by atoms with Gasteiger partial charge in [0, 0.05) is 9.89 Å². The van der Waals surface area contributed by atoms with E-state index in [4.69, 9.17) is 0 Å². The molecule has 1 aromatic carbocycles. The molecule has 2 rings (SSSR count). The van der Waals surface area contributed by atoms with Crippen LogP contribution in [0.15, 0.2) is 22.7 Å². The molecule has 0 saturated heterocycles. The van der Waals surface area contributed by atoms with Crippen molar-refractivity contribution >= 4 is 22.2 Å². The Kier molecular flexibility index (Phi) is 3.20. The highest BCUT2D eigenvalue weighted by Gasteiger charge is 2.34. The van der Waals surface area contributed by atoms with Crippen molar-refractivity contribution < 1.29 is 4.79 Å². The first-order valence-corrected chi connectivity index (χ1v) is 6.59. The van der Waals surface area contributed by atoms with Gasteiger partial charge in [-0.1, -0.05) is 41.9 Å². The molecule has 0 spiro atoms. The molecule has 0 bridgehead atoms. The average molecular weight is 281 g/mol. The highest BCUT2D eigenvalue weighted by molar-refractivity contribution is 9.10. The van der Waals surface area contributed by atoms with Gasteiger partial charge in [-0.25, -0.2) is 0 Å². The van der Waals surface area contributed by atoms with Gasteiger partial charge in [-0.05, 0) is 42.4 Å². The third-order valence-corrected chi connectivity index (χ3v) is 4.32. The molecule has 1 atom stereocenters. The van der Waals surface area contributed by atoms with Gasteiger partial charge in [0.2, 0.25) is 0 Å². The number of carbonyl (C=O) groups is 1. The molecular formula is C14H17BrO. The van der Waals surface area contributed by atoms with Gasteiger partial charge in [0.1, 0.15) is 6.29 Å². The molecule has 1 unspecified atom stereocenters. The normalized spacial score (nSPS) is 20.3. The van der Waals surface area contributed by atoms with E-state index in [1.807, 2.05) is 13.8 Å². The fourth-order valence-corrected chi connectivity index (χ4v) is 3.34. The number of benzene rings is 1. The van der Waals surface area contributed by atoms with Crippen LogP contribution in [0.1, 0.15) is 43.7 Å². The smallest absolute Gasteiger partial charge is 0.126 e. The fraction of sp³-hybridized carbons (Fsp3) is 0.500. The summed E-state index contributed by atoms with van der Waals surface area (Å²) in [5, 5.41) is 0. The first-order valence-electron chi connectivity index (χ1n) is 5.80. The number of rotatable bonds is 2. The Balaban J connectivity index is 2.51. The summed E-state index contributed by atoms with van der Waals surface area (Å²) in [5.74, 6) is 0.351. The van der Waals surface area contributed by atoms with E-state index in [1.165, 1.54) is 17.5 Å². The van der Waals surface area contributed by atoms with Crippen LogP contribution in [0.2, 0.25) is 0 Å². The molecule has 16 heavy (non-hydrogen) atoms. The summed E-state index contributed by atoms with van der Waals surface area (Å²) in [7, 11) is 0. The van der Waals surface area contributed by atoms with Crippen LogP contribution in [0.5, 0.6) is 0 Å². The van der Waals surface area contributed by atoms with E-state index >= 15 is 0 Å². The second-order valence-electron chi connectivity index (χ2n) is 5.20. The van der Waals surface area contributed by atoms with E-state index in [1.54, 1.807) is 0 Å². The minimum Gasteiger partial charge on any atom is -0.303 e. The van der Waals surface area contributed by atoms with Crippen LogP contribution in [0.25, 0.3) is 0 Å². The van der Waals surface area contributed by atoms with Gasteiger partial charge < -0.3 is 4.79 Å². The highest BCUT2D eigenvalue weighted by atomic mass is 79.9. The lowest BCUT2D eigenvalue weighted by atomic mass is 9.69. The van der Waals surface area contributed by atoms with Crippen molar-refractivity contribution in [2.24, 2.45) is 5.41 Å². The summed E-state index contributed by atoms with van der Waals surface area (Å²) >= 11 is 3.63. The quantitative estimate of drug-likeness (QED) is 0.746. The standard InChI is InChI=1S/C14H17BrO/c1-14(2,9-16)11-7-3-5-10-6-4-8-12(15)13(10)11/h4,6,8-9,11H,3,5,7H2,1-2H3.